The molecule has 0 aliphatic carbocycles. The van der Waals surface area contributed by atoms with Crippen LogP contribution in [0.2, 0.25) is 0 Å². The van der Waals surface area contributed by atoms with E-state index < -0.39 is 15.9 Å². The third-order valence-corrected chi connectivity index (χ3v) is 5.38. The first-order valence-corrected chi connectivity index (χ1v) is 11.9. The second kappa shape index (κ2) is 11.1. The Bertz CT molecular complexity index is 929. The van der Waals surface area contributed by atoms with Gasteiger partial charge in [0.25, 0.3) is 0 Å². The first kappa shape index (κ1) is 23.8. The fourth-order valence-electron chi connectivity index (χ4n) is 3.09. The molecule has 2 aromatic carbocycles. The van der Waals surface area contributed by atoms with Crippen LogP contribution in [0.4, 0.5) is 0 Å². The maximum absolute atomic E-state index is 12.1. The van der Waals surface area contributed by atoms with E-state index in [-0.39, 0.29) is 5.75 Å². The summed E-state index contributed by atoms with van der Waals surface area (Å²) in [6.07, 6.45) is 1.23. The minimum atomic E-state index is -3.22. The molecule has 2 aromatic rings. The van der Waals surface area contributed by atoms with Crippen molar-refractivity contribution in [2.24, 2.45) is 0 Å². The van der Waals surface area contributed by atoms with Gasteiger partial charge in [0.2, 0.25) is 0 Å². The summed E-state index contributed by atoms with van der Waals surface area (Å²) in [6, 6.07) is 10.7. The predicted octanol–water partition coefficient (Wildman–Crippen LogP) is 3.38. The lowest BCUT2D eigenvalue weighted by molar-refractivity contribution is 0.310. The maximum atomic E-state index is 12.1. The quantitative estimate of drug-likeness (QED) is 0.545. The maximum Gasteiger partial charge on any atom is 0.161 e. The zero-order valence-electron chi connectivity index (χ0n) is 18.2. The average molecular weight is 438 g/mol. The molecule has 2 rings (SSSR count). The third kappa shape index (κ3) is 6.81. The van der Waals surface area contributed by atoms with Gasteiger partial charge in [0.15, 0.2) is 23.0 Å². The van der Waals surface area contributed by atoms with Crippen LogP contribution in [-0.4, -0.2) is 47.9 Å². The van der Waals surface area contributed by atoms with E-state index in [1.165, 1.54) is 6.26 Å². The minimum Gasteiger partial charge on any atom is -0.493 e. The van der Waals surface area contributed by atoms with E-state index in [0.717, 1.165) is 11.1 Å². The Morgan fingerprint density at radius 1 is 0.867 bits per heavy atom. The van der Waals surface area contributed by atoms with Crippen molar-refractivity contribution in [3.8, 4) is 23.0 Å². The second-order valence-corrected chi connectivity index (χ2v) is 8.97. The molecular weight excluding hydrogens is 406 g/mol. The molecule has 8 heteroatoms. The molecule has 1 unspecified atom stereocenters. The second-order valence-electron chi connectivity index (χ2n) is 6.79. The number of nitrogens with one attached hydrogen (secondary N) is 1. The van der Waals surface area contributed by atoms with Crippen LogP contribution in [0, 0.1) is 0 Å². The Hall–Kier alpha value is -2.45. The third-order valence-electron chi connectivity index (χ3n) is 4.44. The zero-order chi connectivity index (χ0) is 22.1. The van der Waals surface area contributed by atoms with E-state index in [1.807, 2.05) is 44.2 Å². The van der Waals surface area contributed by atoms with Crippen molar-refractivity contribution in [1.29, 1.82) is 0 Å². The SMILES string of the molecule is CCOc1cc(CNC(CS(C)(=O)=O)c2ccc(OC)c(OCC)c2)ccc1OC. The van der Waals surface area contributed by atoms with Crippen LogP contribution in [0.5, 0.6) is 23.0 Å². The summed E-state index contributed by atoms with van der Waals surface area (Å²) >= 11 is 0. The highest BCUT2D eigenvalue weighted by Gasteiger charge is 2.19. The van der Waals surface area contributed by atoms with Gasteiger partial charge in [-0.2, -0.15) is 0 Å². The molecule has 166 valence electrons. The summed E-state index contributed by atoms with van der Waals surface area (Å²) in [5, 5.41) is 3.35. The number of benzene rings is 2. The molecule has 0 bridgehead atoms. The molecule has 7 nitrogen and oxygen atoms in total. The van der Waals surface area contributed by atoms with E-state index in [9.17, 15) is 8.42 Å². The van der Waals surface area contributed by atoms with E-state index >= 15 is 0 Å². The molecule has 30 heavy (non-hydrogen) atoms. The van der Waals surface area contributed by atoms with Crippen molar-refractivity contribution < 1.29 is 27.4 Å². The largest absolute Gasteiger partial charge is 0.493 e. The smallest absolute Gasteiger partial charge is 0.161 e. The Balaban J connectivity index is 2.28. The van der Waals surface area contributed by atoms with Crippen molar-refractivity contribution in [2.75, 3.05) is 39.4 Å². The molecule has 0 fully saturated rings. The highest BCUT2D eigenvalue weighted by molar-refractivity contribution is 7.90. The fourth-order valence-corrected chi connectivity index (χ4v) is 4.01. The summed E-state index contributed by atoms with van der Waals surface area (Å²) in [7, 11) is -0.0558. The summed E-state index contributed by atoms with van der Waals surface area (Å²) in [5.41, 5.74) is 1.76. The van der Waals surface area contributed by atoms with Crippen molar-refractivity contribution in [2.45, 2.75) is 26.4 Å². The lowest BCUT2D eigenvalue weighted by Gasteiger charge is -2.21. The lowest BCUT2D eigenvalue weighted by atomic mass is 10.1. The van der Waals surface area contributed by atoms with Crippen LogP contribution in [0.25, 0.3) is 0 Å². The van der Waals surface area contributed by atoms with Gasteiger partial charge in [0.05, 0.1) is 33.2 Å². The number of rotatable bonds is 12. The molecular formula is C22H31NO6S. The lowest BCUT2D eigenvalue weighted by Crippen LogP contribution is -2.27. The molecule has 0 heterocycles. The standard InChI is InChI=1S/C22H31NO6S/c1-6-28-21-12-16(8-10-19(21)26-3)14-23-18(15-30(5,24)25)17-9-11-20(27-4)22(13-17)29-7-2/h8-13,18,23H,6-7,14-15H2,1-5H3. The number of hydrogen-bond donors (Lipinski definition) is 1. The molecule has 0 saturated heterocycles. The van der Waals surface area contributed by atoms with Gasteiger partial charge in [-0.15, -0.1) is 0 Å². The van der Waals surface area contributed by atoms with Gasteiger partial charge in [-0.3, -0.25) is 0 Å². The fraction of sp³-hybridized carbons (Fsp3) is 0.455. The summed E-state index contributed by atoms with van der Waals surface area (Å²) < 4.78 is 46.0. The molecule has 1 N–H and O–H groups in total. The van der Waals surface area contributed by atoms with E-state index in [4.69, 9.17) is 18.9 Å². The number of ether oxygens (including phenoxy) is 4. The van der Waals surface area contributed by atoms with E-state index in [2.05, 4.69) is 5.32 Å². The topological polar surface area (TPSA) is 83.1 Å². The molecule has 1 atom stereocenters. The minimum absolute atomic E-state index is 0.0423. The van der Waals surface area contributed by atoms with Crippen LogP contribution >= 0.6 is 0 Å². The van der Waals surface area contributed by atoms with Gasteiger partial charge in [-0.05, 0) is 49.2 Å². The molecule has 0 spiro atoms. The van der Waals surface area contributed by atoms with Gasteiger partial charge >= 0.3 is 0 Å². The zero-order valence-corrected chi connectivity index (χ0v) is 19.0. The first-order chi connectivity index (χ1) is 14.3. The molecule has 0 aliphatic rings. The van der Waals surface area contributed by atoms with E-state index in [1.54, 1.807) is 20.3 Å². The molecule has 0 saturated carbocycles. The van der Waals surface area contributed by atoms with Gasteiger partial charge in [0, 0.05) is 18.8 Å². The highest BCUT2D eigenvalue weighted by atomic mass is 32.2. The van der Waals surface area contributed by atoms with Crippen LogP contribution < -0.4 is 24.3 Å². The van der Waals surface area contributed by atoms with Gasteiger partial charge in [-0.25, -0.2) is 8.42 Å². The van der Waals surface area contributed by atoms with Gasteiger partial charge in [-0.1, -0.05) is 12.1 Å². The Kier molecular flexibility index (Phi) is 8.80. The normalized spacial score (nSPS) is 12.3. The molecule has 0 aliphatic heterocycles. The molecule has 0 aromatic heterocycles. The number of hydrogen-bond acceptors (Lipinski definition) is 7. The Labute approximate surface area is 179 Å². The van der Waals surface area contributed by atoms with Crippen LogP contribution in [0.15, 0.2) is 36.4 Å². The van der Waals surface area contributed by atoms with Gasteiger partial charge < -0.3 is 24.3 Å². The van der Waals surface area contributed by atoms with Crippen molar-refractivity contribution in [1.82, 2.24) is 5.32 Å². The van der Waals surface area contributed by atoms with Crippen LogP contribution in [0.3, 0.4) is 0 Å². The van der Waals surface area contributed by atoms with Crippen LogP contribution in [0.1, 0.15) is 31.0 Å². The molecule has 0 amide bonds. The Morgan fingerprint density at radius 3 is 1.97 bits per heavy atom. The van der Waals surface area contributed by atoms with Crippen molar-refractivity contribution in [3.63, 3.8) is 0 Å². The number of methoxy groups -OCH3 is 2. The van der Waals surface area contributed by atoms with Crippen molar-refractivity contribution >= 4 is 9.84 Å². The van der Waals surface area contributed by atoms with E-state index in [0.29, 0.717) is 42.8 Å². The number of sulfone groups is 1. The summed E-state index contributed by atoms with van der Waals surface area (Å²) in [6.45, 7) is 5.26. The van der Waals surface area contributed by atoms with Crippen molar-refractivity contribution in [3.05, 3.63) is 47.5 Å². The summed E-state index contributed by atoms with van der Waals surface area (Å²) in [5.74, 6) is 2.46. The highest BCUT2D eigenvalue weighted by Crippen LogP contribution is 2.32. The Morgan fingerprint density at radius 2 is 1.43 bits per heavy atom. The average Bonchev–Trinajstić information content (AvgIpc) is 2.71. The monoisotopic (exact) mass is 437 g/mol. The molecule has 0 radical (unpaired) electrons. The van der Waals surface area contributed by atoms with Gasteiger partial charge in [0.1, 0.15) is 9.84 Å². The summed E-state index contributed by atoms with van der Waals surface area (Å²) in [4.78, 5) is 0. The predicted molar refractivity (Wildman–Crippen MR) is 118 cm³/mol. The van der Waals surface area contributed by atoms with Crippen LogP contribution in [-0.2, 0) is 16.4 Å². The first-order valence-electron chi connectivity index (χ1n) is 9.82.